The van der Waals surface area contributed by atoms with Gasteiger partial charge in [-0.1, -0.05) is 6.92 Å². The molecule has 0 spiro atoms. The lowest BCUT2D eigenvalue weighted by atomic mass is 10.1. The molecule has 7 heteroatoms. The monoisotopic (exact) mass is 260 g/mol. The molecule has 7 nitrogen and oxygen atoms in total. The average molecular weight is 260 g/mol. The van der Waals surface area contributed by atoms with Crippen LogP contribution in [0.4, 0.5) is 0 Å². The number of rotatable bonds is 9. The van der Waals surface area contributed by atoms with Crippen molar-refractivity contribution in [2.75, 3.05) is 20.2 Å². The summed E-state index contributed by atoms with van der Waals surface area (Å²) in [6, 6.07) is -1.06. The minimum absolute atomic E-state index is 0.0228. The van der Waals surface area contributed by atoms with E-state index in [1.165, 1.54) is 7.11 Å². The predicted octanol–water partition coefficient (Wildman–Crippen LogP) is -0.491. The lowest BCUT2D eigenvalue weighted by Crippen LogP contribution is -2.42. The van der Waals surface area contributed by atoms with Crippen LogP contribution in [0.2, 0.25) is 0 Å². The maximum Gasteiger partial charge on any atom is 0.326 e. The molecule has 0 aromatic rings. The fourth-order valence-electron chi connectivity index (χ4n) is 1.27. The van der Waals surface area contributed by atoms with Crippen molar-refractivity contribution in [3.05, 3.63) is 0 Å². The molecule has 3 N–H and O–H groups in total. The maximum absolute atomic E-state index is 11.4. The van der Waals surface area contributed by atoms with Gasteiger partial charge in [0.25, 0.3) is 0 Å². The molecule has 0 unspecified atom stereocenters. The van der Waals surface area contributed by atoms with E-state index >= 15 is 0 Å². The van der Waals surface area contributed by atoms with Gasteiger partial charge in [-0.15, -0.1) is 0 Å². The van der Waals surface area contributed by atoms with Crippen molar-refractivity contribution >= 4 is 17.8 Å². The smallest absolute Gasteiger partial charge is 0.326 e. The number of nitrogens with one attached hydrogen (secondary N) is 2. The molecule has 0 aromatic carbocycles. The Morgan fingerprint density at radius 2 is 1.94 bits per heavy atom. The number of ether oxygens (including phenoxy) is 1. The zero-order valence-corrected chi connectivity index (χ0v) is 10.7. The fraction of sp³-hybridized carbons (Fsp3) is 0.727. The Morgan fingerprint density at radius 3 is 2.44 bits per heavy atom. The van der Waals surface area contributed by atoms with E-state index in [2.05, 4.69) is 15.4 Å². The summed E-state index contributed by atoms with van der Waals surface area (Å²) < 4.78 is 4.41. The van der Waals surface area contributed by atoms with Gasteiger partial charge in [-0.25, -0.2) is 4.79 Å². The van der Waals surface area contributed by atoms with Crippen molar-refractivity contribution in [3.63, 3.8) is 0 Å². The van der Waals surface area contributed by atoms with Gasteiger partial charge in [0.2, 0.25) is 5.91 Å². The molecular weight excluding hydrogens is 240 g/mol. The average Bonchev–Trinajstić information content (AvgIpc) is 2.33. The lowest BCUT2D eigenvalue weighted by Gasteiger charge is -2.13. The van der Waals surface area contributed by atoms with Crippen LogP contribution in [-0.4, -0.2) is 49.2 Å². The van der Waals surface area contributed by atoms with Gasteiger partial charge >= 0.3 is 11.9 Å². The summed E-state index contributed by atoms with van der Waals surface area (Å²) >= 11 is 0. The number of methoxy groups -OCH3 is 1. The summed E-state index contributed by atoms with van der Waals surface area (Å²) in [5, 5.41) is 14.2. The summed E-state index contributed by atoms with van der Waals surface area (Å²) in [6.07, 6.45) is 0.186. The minimum Gasteiger partial charge on any atom is -0.480 e. The van der Waals surface area contributed by atoms with Crippen LogP contribution in [0.1, 0.15) is 26.2 Å². The molecule has 0 fully saturated rings. The van der Waals surface area contributed by atoms with Crippen LogP contribution < -0.4 is 10.6 Å². The van der Waals surface area contributed by atoms with Gasteiger partial charge in [0.1, 0.15) is 6.04 Å². The van der Waals surface area contributed by atoms with Crippen molar-refractivity contribution in [2.45, 2.75) is 32.2 Å². The Labute approximate surface area is 106 Å². The van der Waals surface area contributed by atoms with E-state index in [1.807, 2.05) is 6.92 Å². The first-order chi connectivity index (χ1) is 8.51. The van der Waals surface area contributed by atoms with E-state index in [0.29, 0.717) is 6.54 Å². The molecule has 0 aliphatic heterocycles. The third kappa shape index (κ3) is 7.61. The first-order valence-corrected chi connectivity index (χ1v) is 5.81. The van der Waals surface area contributed by atoms with Gasteiger partial charge in [0.05, 0.1) is 7.11 Å². The van der Waals surface area contributed by atoms with Crippen LogP contribution in [0.15, 0.2) is 0 Å². The van der Waals surface area contributed by atoms with E-state index < -0.39 is 18.0 Å². The van der Waals surface area contributed by atoms with Crippen LogP contribution >= 0.6 is 0 Å². The second-order valence-electron chi connectivity index (χ2n) is 3.68. The highest BCUT2D eigenvalue weighted by atomic mass is 16.5. The van der Waals surface area contributed by atoms with Crippen LogP contribution in [0.5, 0.6) is 0 Å². The number of hydrogen-bond acceptors (Lipinski definition) is 5. The minimum atomic E-state index is -1.16. The molecule has 1 atom stereocenters. The maximum atomic E-state index is 11.4. The third-order valence-corrected chi connectivity index (χ3v) is 2.28. The molecule has 0 saturated heterocycles. The normalized spacial score (nSPS) is 11.7. The number of esters is 1. The van der Waals surface area contributed by atoms with Gasteiger partial charge in [0, 0.05) is 19.4 Å². The number of carboxylic acids is 1. The van der Waals surface area contributed by atoms with Crippen molar-refractivity contribution < 1.29 is 24.2 Å². The van der Waals surface area contributed by atoms with Gasteiger partial charge in [-0.2, -0.15) is 0 Å². The topological polar surface area (TPSA) is 105 Å². The van der Waals surface area contributed by atoms with Crippen LogP contribution in [0.25, 0.3) is 0 Å². The standard InChI is InChI=1S/C11H20N2O5/c1-3-12-7-6-9(14)13-8(11(16)17)4-5-10(15)18-2/h8,12H,3-7H2,1-2H3,(H,13,14)(H,16,17)/t8-/m0/s1. The highest BCUT2D eigenvalue weighted by molar-refractivity contribution is 5.84. The van der Waals surface area contributed by atoms with E-state index in [-0.39, 0.29) is 25.2 Å². The second kappa shape index (κ2) is 9.41. The number of carboxylic acid groups (broad SMARTS) is 1. The van der Waals surface area contributed by atoms with E-state index in [1.54, 1.807) is 0 Å². The fourth-order valence-corrected chi connectivity index (χ4v) is 1.27. The van der Waals surface area contributed by atoms with E-state index in [9.17, 15) is 14.4 Å². The first-order valence-electron chi connectivity index (χ1n) is 5.81. The van der Waals surface area contributed by atoms with E-state index in [0.717, 1.165) is 6.54 Å². The Morgan fingerprint density at radius 1 is 1.28 bits per heavy atom. The number of aliphatic carboxylic acids is 1. The molecule has 0 aliphatic carbocycles. The zero-order valence-electron chi connectivity index (χ0n) is 10.7. The predicted molar refractivity (Wildman–Crippen MR) is 64.0 cm³/mol. The molecule has 0 bridgehead atoms. The van der Waals surface area contributed by atoms with Crippen LogP contribution in [0, 0.1) is 0 Å². The molecule has 0 radical (unpaired) electrons. The molecule has 0 rings (SSSR count). The SMILES string of the molecule is CCNCCC(=O)N[C@@H](CCC(=O)OC)C(=O)O. The molecule has 0 heterocycles. The molecule has 104 valence electrons. The van der Waals surface area contributed by atoms with Crippen LogP contribution in [0.3, 0.4) is 0 Å². The zero-order chi connectivity index (χ0) is 14.0. The number of carbonyl (C=O) groups is 3. The van der Waals surface area contributed by atoms with Crippen molar-refractivity contribution in [2.24, 2.45) is 0 Å². The van der Waals surface area contributed by atoms with Crippen molar-refractivity contribution in [1.82, 2.24) is 10.6 Å². The Bertz CT molecular complexity index is 293. The van der Waals surface area contributed by atoms with Crippen molar-refractivity contribution in [3.8, 4) is 0 Å². The molecule has 0 saturated carbocycles. The lowest BCUT2D eigenvalue weighted by molar-refractivity contribution is -0.144. The summed E-state index contributed by atoms with van der Waals surface area (Å²) in [4.78, 5) is 33.2. The number of amides is 1. The molecule has 1 amide bonds. The first kappa shape index (κ1) is 16.4. The molecular formula is C11H20N2O5. The van der Waals surface area contributed by atoms with Gasteiger partial charge in [-0.05, 0) is 13.0 Å². The van der Waals surface area contributed by atoms with Crippen molar-refractivity contribution in [1.29, 1.82) is 0 Å². The third-order valence-electron chi connectivity index (χ3n) is 2.28. The summed E-state index contributed by atoms with van der Waals surface area (Å²) in [7, 11) is 1.23. The van der Waals surface area contributed by atoms with Gasteiger partial charge in [-0.3, -0.25) is 9.59 Å². The largest absolute Gasteiger partial charge is 0.480 e. The molecule has 0 aliphatic rings. The molecule has 18 heavy (non-hydrogen) atoms. The summed E-state index contributed by atoms with van der Waals surface area (Å²) in [5.41, 5.74) is 0. The Kier molecular flexibility index (Phi) is 8.55. The molecule has 0 aromatic heterocycles. The highest BCUT2D eigenvalue weighted by Gasteiger charge is 2.20. The number of hydrogen-bond donors (Lipinski definition) is 3. The number of carbonyl (C=O) groups excluding carboxylic acids is 2. The summed E-state index contributed by atoms with van der Waals surface area (Å²) in [6.45, 7) is 3.15. The Balaban J connectivity index is 4.06. The quantitative estimate of drug-likeness (QED) is 0.381. The van der Waals surface area contributed by atoms with Gasteiger partial charge in [0.15, 0.2) is 0 Å². The second-order valence-corrected chi connectivity index (χ2v) is 3.68. The highest BCUT2D eigenvalue weighted by Crippen LogP contribution is 2.00. The summed E-state index contributed by atoms with van der Waals surface area (Å²) in [5.74, 6) is -2.01. The van der Waals surface area contributed by atoms with E-state index in [4.69, 9.17) is 5.11 Å². The van der Waals surface area contributed by atoms with Gasteiger partial charge < -0.3 is 20.5 Å². The van der Waals surface area contributed by atoms with Crippen LogP contribution in [-0.2, 0) is 19.1 Å². The Hall–Kier alpha value is -1.63.